The molecule has 262 valence electrons. The van der Waals surface area contributed by atoms with Crippen LogP contribution in [-0.2, 0) is 16.2 Å². The van der Waals surface area contributed by atoms with Crippen molar-refractivity contribution in [3.05, 3.63) is 76.9 Å². The topological polar surface area (TPSA) is 126 Å². The highest BCUT2D eigenvalue weighted by atomic mass is 35.5. The highest BCUT2D eigenvalue weighted by molar-refractivity contribution is 7.89. The lowest BCUT2D eigenvalue weighted by molar-refractivity contribution is -0.137. The third kappa shape index (κ3) is 6.51. The molecule has 2 amide bonds. The Labute approximate surface area is 287 Å². The molecule has 4 heterocycles. The number of nitrogens with one attached hydrogen (secondary N) is 1. The molecule has 16 heteroatoms. The first-order valence-corrected chi connectivity index (χ1v) is 17.5. The van der Waals surface area contributed by atoms with E-state index in [1.165, 1.54) is 33.5 Å². The first kappa shape index (κ1) is 34.8. The SMILES string of the molecule is CC(C)(C)C12CN(c3cccc(C(=O)Nc4ccc(S(=O)(=O)N5CCN(c6cc(C(F)(F)F)cc(Cl)n6)CC5)cc4)c3)CC1N(C(=O)O)C2. The fourth-order valence-electron chi connectivity index (χ4n) is 6.99. The number of likely N-dealkylation sites (tertiary alicyclic amines) is 1. The van der Waals surface area contributed by atoms with Crippen molar-refractivity contribution in [2.45, 2.75) is 37.9 Å². The van der Waals surface area contributed by atoms with Crippen molar-refractivity contribution in [2.24, 2.45) is 10.8 Å². The lowest BCUT2D eigenvalue weighted by Crippen LogP contribution is -2.70. The molecule has 3 saturated heterocycles. The summed E-state index contributed by atoms with van der Waals surface area (Å²) in [7, 11) is -3.93. The van der Waals surface area contributed by atoms with Crippen molar-refractivity contribution >= 4 is 50.8 Å². The van der Waals surface area contributed by atoms with E-state index in [4.69, 9.17) is 11.6 Å². The van der Waals surface area contributed by atoms with Crippen LogP contribution in [0.1, 0.15) is 36.7 Å². The second-order valence-electron chi connectivity index (χ2n) is 13.7. The molecule has 3 aliphatic heterocycles. The first-order chi connectivity index (χ1) is 22.9. The molecule has 11 nitrogen and oxygen atoms in total. The van der Waals surface area contributed by atoms with Crippen LogP contribution in [0.15, 0.2) is 65.6 Å². The third-order valence-electron chi connectivity index (χ3n) is 9.97. The fourth-order valence-corrected chi connectivity index (χ4v) is 8.62. The summed E-state index contributed by atoms with van der Waals surface area (Å²) in [4.78, 5) is 34.2. The molecule has 49 heavy (non-hydrogen) atoms. The molecule has 2 atom stereocenters. The van der Waals surface area contributed by atoms with Crippen LogP contribution in [0.4, 0.5) is 35.2 Å². The Bertz CT molecular complexity index is 1880. The number of aromatic nitrogens is 1. The summed E-state index contributed by atoms with van der Waals surface area (Å²) in [5.74, 6) is -0.370. The van der Waals surface area contributed by atoms with Crippen LogP contribution in [-0.4, -0.2) is 91.6 Å². The van der Waals surface area contributed by atoms with Crippen molar-refractivity contribution in [3.63, 3.8) is 0 Å². The van der Waals surface area contributed by atoms with Gasteiger partial charge in [-0.15, -0.1) is 0 Å². The van der Waals surface area contributed by atoms with E-state index in [-0.39, 0.29) is 58.9 Å². The van der Waals surface area contributed by atoms with Crippen molar-refractivity contribution < 1.29 is 36.3 Å². The van der Waals surface area contributed by atoms with E-state index in [0.29, 0.717) is 30.9 Å². The maximum atomic E-state index is 13.4. The summed E-state index contributed by atoms with van der Waals surface area (Å²) >= 11 is 5.82. The number of hydrogen-bond acceptors (Lipinski definition) is 7. The zero-order valence-corrected chi connectivity index (χ0v) is 28.6. The standard InChI is InChI=1S/C33H36ClF3N6O5S/c1-31(2,3)32-19-41(18-26(32)43(20-32)30(45)46)24-6-4-5-21(15-24)29(44)38-23-7-9-25(10-8-23)49(47,48)42-13-11-40(12-14-42)28-17-22(33(35,36)37)16-27(34)39-28/h4-10,15-17,26H,11-14,18-20H2,1-3H3,(H,38,44)(H,45,46). The first-order valence-electron chi connectivity index (χ1n) is 15.6. The van der Waals surface area contributed by atoms with Gasteiger partial charge in [-0.1, -0.05) is 38.4 Å². The maximum absolute atomic E-state index is 13.4. The van der Waals surface area contributed by atoms with Crippen molar-refractivity contribution in [3.8, 4) is 0 Å². The average molecular weight is 721 g/mol. The molecule has 6 rings (SSSR count). The normalized spacial score (nSPS) is 21.7. The molecule has 0 saturated carbocycles. The van der Waals surface area contributed by atoms with Gasteiger partial charge in [0.25, 0.3) is 5.91 Å². The van der Waals surface area contributed by atoms with E-state index in [2.05, 4.69) is 36.0 Å². The summed E-state index contributed by atoms with van der Waals surface area (Å²) < 4.78 is 67.7. The number of amides is 2. The van der Waals surface area contributed by atoms with Crippen LogP contribution in [0.3, 0.4) is 0 Å². The van der Waals surface area contributed by atoms with Gasteiger partial charge in [0.1, 0.15) is 11.0 Å². The van der Waals surface area contributed by atoms with E-state index < -0.39 is 33.8 Å². The minimum Gasteiger partial charge on any atom is -0.465 e. The smallest absolute Gasteiger partial charge is 0.416 e. The van der Waals surface area contributed by atoms with Gasteiger partial charge in [-0.2, -0.15) is 17.5 Å². The second kappa shape index (κ2) is 12.4. The minimum atomic E-state index is -4.60. The Morgan fingerprint density at radius 2 is 1.63 bits per heavy atom. The Balaban J connectivity index is 1.09. The Morgan fingerprint density at radius 3 is 2.24 bits per heavy atom. The lowest BCUT2D eigenvalue weighted by atomic mass is 9.58. The highest BCUT2D eigenvalue weighted by Gasteiger charge is 2.64. The molecule has 0 spiro atoms. The van der Waals surface area contributed by atoms with Crippen molar-refractivity contribution in [1.29, 1.82) is 0 Å². The van der Waals surface area contributed by atoms with Gasteiger partial charge < -0.3 is 25.1 Å². The lowest BCUT2D eigenvalue weighted by Gasteiger charge is -2.58. The number of carbonyl (C=O) groups excluding carboxylic acids is 1. The Morgan fingerprint density at radius 1 is 0.959 bits per heavy atom. The number of carboxylic acid groups (broad SMARTS) is 1. The molecule has 0 aliphatic carbocycles. The molecule has 3 fully saturated rings. The number of carbonyl (C=O) groups is 2. The predicted octanol–water partition coefficient (Wildman–Crippen LogP) is 5.73. The van der Waals surface area contributed by atoms with E-state index in [1.54, 1.807) is 23.1 Å². The van der Waals surface area contributed by atoms with Gasteiger partial charge in [-0.25, -0.2) is 18.2 Å². The van der Waals surface area contributed by atoms with Gasteiger partial charge >= 0.3 is 12.3 Å². The van der Waals surface area contributed by atoms with Crippen LogP contribution in [0.2, 0.25) is 5.15 Å². The molecular formula is C33H36ClF3N6O5S. The summed E-state index contributed by atoms with van der Waals surface area (Å²) in [6.07, 6.45) is -5.53. The molecule has 0 radical (unpaired) electrons. The average Bonchev–Trinajstić information content (AvgIpc) is 3.33. The fraction of sp³-hybridized carbons (Fsp3) is 0.424. The number of anilines is 3. The zero-order chi connectivity index (χ0) is 35.5. The van der Waals surface area contributed by atoms with Crippen LogP contribution in [0.25, 0.3) is 0 Å². The monoisotopic (exact) mass is 720 g/mol. The minimum absolute atomic E-state index is 0.00744. The molecule has 3 aliphatic rings. The summed E-state index contributed by atoms with van der Waals surface area (Å²) in [5, 5.41) is 12.2. The number of benzene rings is 2. The number of halogens is 4. The number of rotatable bonds is 6. The predicted molar refractivity (Wildman–Crippen MR) is 179 cm³/mol. The number of pyridine rings is 1. The summed E-state index contributed by atoms with van der Waals surface area (Å²) in [5.41, 5.74) is 0.327. The third-order valence-corrected chi connectivity index (χ3v) is 12.1. The van der Waals surface area contributed by atoms with Gasteiger partial charge in [0.15, 0.2) is 0 Å². The van der Waals surface area contributed by atoms with Crippen molar-refractivity contribution in [2.75, 3.05) is 60.9 Å². The number of piperazine rings is 1. The number of alkyl halides is 3. The molecule has 2 N–H and O–H groups in total. The van der Waals surface area contributed by atoms with Crippen LogP contribution < -0.4 is 15.1 Å². The van der Waals surface area contributed by atoms with Gasteiger partial charge in [-0.3, -0.25) is 4.79 Å². The van der Waals surface area contributed by atoms with Crippen LogP contribution in [0.5, 0.6) is 0 Å². The molecule has 0 bridgehead atoms. The van der Waals surface area contributed by atoms with E-state index in [9.17, 15) is 36.3 Å². The van der Waals surface area contributed by atoms with E-state index >= 15 is 0 Å². The van der Waals surface area contributed by atoms with Gasteiger partial charge in [0, 0.05) is 68.2 Å². The molecule has 2 aromatic carbocycles. The molecule has 3 aromatic rings. The van der Waals surface area contributed by atoms with Gasteiger partial charge in [0.2, 0.25) is 10.0 Å². The van der Waals surface area contributed by atoms with Crippen molar-refractivity contribution in [1.82, 2.24) is 14.2 Å². The van der Waals surface area contributed by atoms with E-state index in [1.807, 2.05) is 6.07 Å². The molecule has 1 aromatic heterocycles. The van der Waals surface area contributed by atoms with Crippen LogP contribution >= 0.6 is 11.6 Å². The largest absolute Gasteiger partial charge is 0.465 e. The van der Waals surface area contributed by atoms with Crippen LogP contribution in [0, 0.1) is 10.8 Å². The zero-order valence-electron chi connectivity index (χ0n) is 27.0. The Hall–Kier alpha value is -4.08. The van der Waals surface area contributed by atoms with Gasteiger partial charge in [0.05, 0.1) is 16.5 Å². The maximum Gasteiger partial charge on any atom is 0.416 e. The quantitative estimate of drug-likeness (QED) is 0.310. The number of fused-ring (bicyclic) bond motifs is 1. The molecular weight excluding hydrogens is 685 g/mol. The summed E-state index contributed by atoms with van der Waals surface area (Å²) in [6, 6.07) is 14.4. The van der Waals surface area contributed by atoms with Gasteiger partial charge in [-0.05, 0) is 60.0 Å². The highest BCUT2D eigenvalue weighted by Crippen LogP contribution is 2.55. The number of sulfonamides is 1. The Kier molecular flexibility index (Phi) is 8.77. The second-order valence-corrected chi connectivity index (χ2v) is 16.0. The van der Waals surface area contributed by atoms with E-state index in [0.717, 1.165) is 17.8 Å². The number of hydrogen-bond donors (Lipinski definition) is 2. The summed E-state index contributed by atoms with van der Waals surface area (Å²) in [6.45, 7) is 8.31. The number of nitrogens with zero attached hydrogens (tertiary/aromatic N) is 5. The molecule has 2 unspecified atom stereocenters.